The third-order valence-electron chi connectivity index (χ3n) is 4.87. The van der Waals surface area contributed by atoms with E-state index in [1.165, 1.54) is 24.3 Å². The normalized spacial score (nSPS) is 14.3. The van der Waals surface area contributed by atoms with Gasteiger partial charge in [-0.1, -0.05) is 60.7 Å². The minimum Gasteiger partial charge on any atom is -0.488 e. The van der Waals surface area contributed by atoms with Gasteiger partial charge in [0, 0.05) is 5.56 Å². The number of halogens is 1. The van der Waals surface area contributed by atoms with Gasteiger partial charge in [-0.3, -0.25) is 9.59 Å². The molecule has 1 fully saturated rings. The fourth-order valence-corrected chi connectivity index (χ4v) is 3.23. The Balaban J connectivity index is 1.45. The van der Waals surface area contributed by atoms with Gasteiger partial charge in [0.25, 0.3) is 5.91 Å². The molecule has 4 amide bonds. The van der Waals surface area contributed by atoms with E-state index in [1.807, 2.05) is 30.3 Å². The van der Waals surface area contributed by atoms with E-state index in [0.29, 0.717) is 17.9 Å². The van der Waals surface area contributed by atoms with E-state index < -0.39 is 30.2 Å². The molecule has 0 bridgehead atoms. The van der Waals surface area contributed by atoms with E-state index >= 15 is 0 Å². The number of nitrogens with zero attached hydrogens (tertiary/aromatic N) is 1. The first-order valence-electron chi connectivity index (χ1n) is 10.2. The van der Waals surface area contributed by atoms with Crippen molar-refractivity contribution in [2.75, 3.05) is 11.9 Å². The summed E-state index contributed by atoms with van der Waals surface area (Å²) in [6.45, 7) is -0.216. The summed E-state index contributed by atoms with van der Waals surface area (Å²) in [4.78, 5) is 38.1. The minimum atomic E-state index is -0.738. The SMILES string of the molecule is O=C(CN1C(=O)N/C(=C/c2ccccc2OCc2ccccc2)C1=O)Nc1ccccc1F. The second kappa shape index (κ2) is 9.78. The molecule has 2 N–H and O–H groups in total. The fraction of sp³-hybridized carbons (Fsp3) is 0.0800. The molecule has 0 radical (unpaired) electrons. The monoisotopic (exact) mass is 445 g/mol. The van der Waals surface area contributed by atoms with Crippen molar-refractivity contribution in [2.45, 2.75) is 6.61 Å². The highest BCUT2D eigenvalue weighted by Gasteiger charge is 2.35. The zero-order chi connectivity index (χ0) is 23.2. The molecule has 0 atom stereocenters. The van der Waals surface area contributed by atoms with Crippen LogP contribution in [0.15, 0.2) is 84.6 Å². The molecule has 0 saturated carbocycles. The Labute approximate surface area is 189 Å². The zero-order valence-electron chi connectivity index (χ0n) is 17.5. The van der Waals surface area contributed by atoms with Crippen molar-refractivity contribution < 1.29 is 23.5 Å². The summed E-state index contributed by atoms with van der Waals surface area (Å²) >= 11 is 0. The van der Waals surface area contributed by atoms with Gasteiger partial charge in [-0.2, -0.15) is 0 Å². The number of imide groups is 1. The number of nitrogens with one attached hydrogen (secondary N) is 2. The van der Waals surface area contributed by atoms with Crippen molar-refractivity contribution in [3.8, 4) is 5.75 Å². The standard InChI is InChI=1S/C25H20FN3O4/c26-19-11-5-6-12-20(19)27-23(30)15-29-24(31)21(28-25(29)32)14-18-10-4-7-13-22(18)33-16-17-8-2-1-3-9-17/h1-14H,15-16H2,(H,27,30)(H,28,32)/b21-14+. The number of rotatable bonds is 7. The quantitative estimate of drug-likeness (QED) is 0.426. The van der Waals surface area contributed by atoms with Crippen molar-refractivity contribution in [1.29, 1.82) is 0 Å². The fourth-order valence-electron chi connectivity index (χ4n) is 3.23. The molecule has 8 heteroatoms. The summed E-state index contributed by atoms with van der Waals surface area (Å²) in [5.41, 5.74) is 1.55. The number of benzene rings is 3. The molecule has 1 aliphatic rings. The summed E-state index contributed by atoms with van der Waals surface area (Å²) in [5.74, 6) is -1.44. The molecule has 1 heterocycles. The van der Waals surface area contributed by atoms with E-state index in [-0.39, 0.29) is 11.4 Å². The van der Waals surface area contributed by atoms with Crippen LogP contribution in [0.4, 0.5) is 14.9 Å². The average molecular weight is 445 g/mol. The van der Waals surface area contributed by atoms with Gasteiger partial charge in [-0.15, -0.1) is 0 Å². The van der Waals surface area contributed by atoms with Crippen LogP contribution in [0, 0.1) is 5.82 Å². The van der Waals surface area contributed by atoms with Crippen LogP contribution in [0.2, 0.25) is 0 Å². The number of urea groups is 1. The molecule has 0 spiro atoms. The average Bonchev–Trinajstić information content (AvgIpc) is 3.08. The molecule has 3 aromatic rings. The molecule has 0 aromatic heterocycles. The molecule has 4 rings (SSSR count). The van der Waals surface area contributed by atoms with Crippen molar-refractivity contribution in [2.24, 2.45) is 0 Å². The van der Waals surface area contributed by atoms with E-state index in [0.717, 1.165) is 10.5 Å². The predicted molar refractivity (Wildman–Crippen MR) is 120 cm³/mol. The lowest BCUT2D eigenvalue weighted by molar-refractivity contribution is -0.127. The molecule has 0 aliphatic carbocycles. The Morgan fingerprint density at radius 1 is 0.970 bits per heavy atom. The third kappa shape index (κ3) is 5.24. The van der Waals surface area contributed by atoms with Gasteiger partial charge in [0.15, 0.2) is 0 Å². The summed E-state index contributed by atoms with van der Waals surface area (Å²) < 4.78 is 19.6. The molecular formula is C25H20FN3O4. The number of hydrogen-bond acceptors (Lipinski definition) is 4. The minimum absolute atomic E-state index is 0.00875. The van der Waals surface area contributed by atoms with Crippen LogP contribution in [-0.4, -0.2) is 29.3 Å². The number of carbonyl (C=O) groups is 3. The van der Waals surface area contributed by atoms with Crippen molar-refractivity contribution in [3.05, 3.63) is 102 Å². The van der Waals surface area contributed by atoms with E-state index in [2.05, 4.69) is 10.6 Å². The summed E-state index contributed by atoms with van der Waals surface area (Å²) in [6, 6.07) is 21.6. The van der Waals surface area contributed by atoms with Crippen LogP contribution in [-0.2, 0) is 16.2 Å². The van der Waals surface area contributed by atoms with Crippen molar-refractivity contribution in [3.63, 3.8) is 0 Å². The molecule has 166 valence electrons. The van der Waals surface area contributed by atoms with Gasteiger partial charge >= 0.3 is 6.03 Å². The number of hydrogen-bond donors (Lipinski definition) is 2. The van der Waals surface area contributed by atoms with Crippen molar-refractivity contribution >= 4 is 29.6 Å². The van der Waals surface area contributed by atoms with Crippen LogP contribution in [0.5, 0.6) is 5.75 Å². The van der Waals surface area contributed by atoms with E-state index in [9.17, 15) is 18.8 Å². The van der Waals surface area contributed by atoms with Crippen LogP contribution in [0.1, 0.15) is 11.1 Å². The van der Waals surface area contributed by atoms with Crippen LogP contribution < -0.4 is 15.4 Å². The molecular weight excluding hydrogens is 425 g/mol. The second-order valence-corrected chi connectivity index (χ2v) is 7.22. The highest BCUT2D eigenvalue weighted by molar-refractivity contribution is 6.16. The van der Waals surface area contributed by atoms with Gasteiger partial charge in [0.2, 0.25) is 5.91 Å². The summed E-state index contributed by atoms with van der Waals surface area (Å²) in [7, 11) is 0. The topological polar surface area (TPSA) is 87.7 Å². The highest BCUT2D eigenvalue weighted by Crippen LogP contribution is 2.24. The molecule has 33 heavy (non-hydrogen) atoms. The Bertz CT molecular complexity index is 1230. The predicted octanol–water partition coefficient (Wildman–Crippen LogP) is 3.94. The molecule has 1 aliphatic heterocycles. The van der Waals surface area contributed by atoms with Crippen LogP contribution in [0.3, 0.4) is 0 Å². The Kier molecular flexibility index (Phi) is 6.45. The van der Waals surface area contributed by atoms with Crippen molar-refractivity contribution in [1.82, 2.24) is 10.2 Å². The first-order valence-corrected chi connectivity index (χ1v) is 10.2. The van der Waals surface area contributed by atoms with Gasteiger partial charge in [0.1, 0.15) is 30.4 Å². The number of anilines is 1. The molecule has 0 unspecified atom stereocenters. The first kappa shape index (κ1) is 21.8. The first-order chi connectivity index (χ1) is 16.0. The Hall–Kier alpha value is -4.46. The maximum Gasteiger partial charge on any atom is 0.329 e. The second-order valence-electron chi connectivity index (χ2n) is 7.22. The van der Waals surface area contributed by atoms with Gasteiger partial charge < -0.3 is 15.4 Å². The number of carbonyl (C=O) groups excluding carboxylic acids is 3. The number of para-hydroxylation sites is 2. The maximum absolute atomic E-state index is 13.7. The summed E-state index contributed by atoms with van der Waals surface area (Å²) in [6.07, 6.45) is 1.50. The molecule has 1 saturated heterocycles. The van der Waals surface area contributed by atoms with E-state index in [1.54, 1.807) is 30.3 Å². The van der Waals surface area contributed by atoms with Gasteiger partial charge in [0.05, 0.1) is 5.69 Å². The van der Waals surface area contributed by atoms with Gasteiger partial charge in [-0.05, 0) is 29.8 Å². The summed E-state index contributed by atoms with van der Waals surface area (Å²) in [5, 5.41) is 4.83. The largest absolute Gasteiger partial charge is 0.488 e. The third-order valence-corrected chi connectivity index (χ3v) is 4.87. The van der Waals surface area contributed by atoms with Crippen LogP contribution in [0.25, 0.3) is 6.08 Å². The lowest BCUT2D eigenvalue weighted by atomic mass is 10.1. The molecule has 3 aromatic carbocycles. The number of ether oxygens (including phenoxy) is 1. The van der Waals surface area contributed by atoms with Crippen LogP contribution >= 0.6 is 0 Å². The van der Waals surface area contributed by atoms with Gasteiger partial charge in [-0.25, -0.2) is 14.1 Å². The Morgan fingerprint density at radius 3 is 2.45 bits per heavy atom. The highest BCUT2D eigenvalue weighted by atomic mass is 19.1. The molecule has 7 nitrogen and oxygen atoms in total. The zero-order valence-corrected chi connectivity index (χ0v) is 17.5. The number of amides is 4. The smallest absolute Gasteiger partial charge is 0.329 e. The maximum atomic E-state index is 13.7. The Morgan fingerprint density at radius 2 is 1.67 bits per heavy atom. The van der Waals surface area contributed by atoms with E-state index in [4.69, 9.17) is 4.74 Å². The lowest BCUT2D eigenvalue weighted by Crippen LogP contribution is -2.38. The lowest BCUT2D eigenvalue weighted by Gasteiger charge is -2.12.